The lowest BCUT2D eigenvalue weighted by atomic mass is 9.73. The first-order valence-corrected chi connectivity index (χ1v) is 20.2. The van der Waals surface area contributed by atoms with Gasteiger partial charge in [-0.1, -0.05) is 45.9 Å². The van der Waals surface area contributed by atoms with Crippen LogP contribution in [0, 0.1) is 33.8 Å². The number of carbonyl (C=O) groups excluding carboxylic acids is 3. The molecule has 1 aromatic rings. The van der Waals surface area contributed by atoms with E-state index >= 15 is 0 Å². The van der Waals surface area contributed by atoms with E-state index in [2.05, 4.69) is 4.99 Å². The van der Waals surface area contributed by atoms with E-state index < -0.39 is 88.2 Å². The number of aliphatic hydroxyl groups excluding tert-OH is 1. The second-order valence-corrected chi connectivity index (χ2v) is 16.9. The van der Waals surface area contributed by atoms with Gasteiger partial charge in [0.2, 0.25) is 5.91 Å². The maximum Gasteiger partial charge on any atom is 0.316 e. The van der Waals surface area contributed by atoms with Crippen molar-refractivity contribution in [2.75, 3.05) is 27.3 Å². The average Bonchev–Trinajstić information content (AvgIpc) is 3.17. The number of ether oxygens (including phenoxy) is 5. The second kappa shape index (κ2) is 19.6. The maximum atomic E-state index is 14.5. The van der Waals surface area contributed by atoms with Crippen molar-refractivity contribution in [1.29, 1.82) is 0 Å². The molecule has 1 aromatic carbocycles. The van der Waals surface area contributed by atoms with Crippen molar-refractivity contribution in [2.45, 2.75) is 136 Å². The summed E-state index contributed by atoms with van der Waals surface area (Å²) in [6.45, 7) is 15.0. The van der Waals surface area contributed by atoms with Crippen LogP contribution in [0.3, 0.4) is 0 Å². The first kappa shape index (κ1) is 47.0. The van der Waals surface area contributed by atoms with Gasteiger partial charge in [0.1, 0.15) is 23.7 Å². The number of Topliss-reactive ketones (excluding diaryl/α,β-unsaturated/α-hetero) is 1. The highest BCUT2D eigenvalue weighted by atomic mass is 16.7. The Bertz CT molecular complexity index is 1720. The molecule has 2 bridgehead atoms. The summed E-state index contributed by atoms with van der Waals surface area (Å²) in [6, 6.07) is 5.74. The lowest BCUT2D eigenvalue weighted by Crippen LogP contribution is -2.60. The summed E-state index contributed by atoms with van der Waals surface area (Å²) in [5, 5.41) is 35.2. The predicted molar refractivity (Wildman–Crippen MR) is 217 cm³/mol. The quantitative estimate of drug-likeness (QED) is 0.160. The van der Waals surface area contributed by atoms with Gasteiger partial charge in [-0.3, -0.25) is 24.5 Å². The van der Waals surface area contributed by atoms with Crippen molar-refractivity contribution in [1.82, 2.24) is 4.90 Å². The third kappa shape index (κ3) is 10.9. The number of hydrogen-bond acceptors (Lipinski definition) is 13. The Kier molecular flexibility index (Phi) is 15.9. The zero-order chi connectivity index (χ0) is 43.3. The van der Waals surface area contributed by atoms with E-state index in [-0.39, 0.29) is 43.9 Å². The highest BCUT2D eigenvalue weighted by molar-refractivity contribution is 6.00. The summed E-state index contributed by atoms with van der Waals surface area (Å²) in [7, 11) is 3.72. The van der Waals surface area contributed by atoms with Crippen LogP contribution in [0.2, 0.25) is 0 Å². The van der Waals surface area contributed by atoms with Crippen molar-refractivity contribution in [3.63, 3.8) is 0 Å². The number of likely N-dealkylation sites (N-methyl/N-ethyl adjacent to an activating group) is 1. The molecule has 0 aliphatic carbocycles. The number of aliphatic imine (C=N–C) groups is 1. The first-order chi connectivity index (χ1) is 27.1. The van der Waals surface area contributed by atoms with Gasteiger partial charge in [-0.2, -0.15) is 0 Å². The zero-order valence-corrected chi connectivity index (χ0v) is 35.7. The molecule has 3 fully saturated rings. The fraction of sp³-hybridized carbons (Fsp3) is 0.674. The number of ketones is 1. The van der Waals surface area contributed by atoms with Gasteiger partial charge in [0.25, 0.3) is 5.69 Å². The summed E-state index contributed by atoms with van der Waals surface area (Å²) in [4.78, 5) is 58.2. The number of allylic oxidation sites excluding steroid dienone is 2. The van der Waals surface area contributed by atoms with E-state index in [1.54, 1.807) is 51.1 Å². The van der Waals surface area contributed by atoms with E-state index in [0.29, 0.717) is 23.3 Å². The van der Waals surface area contributed by atoms with Crippen LogP contribution in [-0.4, -0.2) is 125 Å². The molecule has 5 unspecified atom stereocenters. The van der Waals surface area contributed by atoms with E-state index in [1.807, 2.05) is 39.8 Å². The Hall–Kier alpha value is -3.70. The van der Waals surface area contributed by atoms with Crippen molar-refractivity contribution in [2.24, 2.45) is 28.7 Å². The maximum absolute atomic E-state index is 14.5. The van der Waals surface area contributed by atoms with Crippen LogP contribution in [0.25, 0.3) is 6.08 Å². The van der Waals surface area contributed by atoms with E-state index in [0.717, 1.165) is 0 Å². The number of carbonyl (C=O) groups is 3. The number of amides is 1. The van der Waals surface area contributed by atoms with E-state index in [1.165, 1.54) is 32.9 Å². The van der Waals surface area contributed by atoms with Crippen LogP contribution in [0.15, 0.2) is 47.0 Å². The van der Waals surface area contributed by atoms with Crippen LogP contribution in [0.5, 0.6) is 0 Å². The number of esters is 1. The van der Waals surface area contributed by atoms with Crippen LogP contribution >= 0.6 is 0 Å². The third-order valence-electron chi connectivity index (χ3n) is 11.9. The van der Waals surface area contributed by atoms with Crippen LogP contribution in [-0.2, 0) is 38.1 Å². The molecule has 322 valence electrons. The standard InChI is InChI=1S/C43H63N3O12/c1-12-34-43(9,51)39-26(4)35(44-29(7)47)24(2)21-42(8,55-23-31(22-54-39)15-13-14-30-16-18-32(19-17-30)46(52)53)38(27(5)36(48)28(6)40(50)57-34)58-41-37(49)33(45(10)11)20-25(3)56-41/h13-19,24-28,33-34,37-39,41,49,51H,12,20-23H2,1-11H3/b14-13+,31-15-,44-35?/t24?,25-,26?,27+,28-,33+,34+,37?,38?,39?,41+,42-,43-/m1/s1. The average molecular weight is 814 g/mol. The molecule has 1 amide bonds. The number of nitro groups is 1. The highest BCUT2D eigenvalue weighted by Crippen LogP contribution is 2.40. The topological polar surface area (TPSA) is 197 Å². The van der Waals surface area contributed by atoms with Crippen molar-refractivity contribution < 1.29 is 53.2 Å². The number of hydrogen-bond donors (Lipinski definition) is 2. The number of fused-ring (bicyclic) bond motifs is 5. The van der Waals surface area contributed by atoms with Gasteiger partial charge < -0.3 is 38.8 Å². The molecule has 15 heteroatoms. The highest BCUT2D eigenvalue weighted by Gasteiger charge is 2.53. The van der Waals surface area contributed by atoms with Gasteiger partial charge in [0.15, 0.2) is 12.1 Å². The molecular weight excluding hydrogens is 750 g/mol. The SMILES string of the molecule is CC[C@@H]1OC(=O)[C@H](C)C(=O)[C@H](C)C(O[C@@H]2O[C@H](C)C[C@H](N(C)C)C2O)[C@@]2(C)CC(C)C(=NC(C)=O)C(C)C(OC/C(=C/C=C/c3ccc([N+](=O)[O-])cc3)CO2)[C@]1(C)O. The molecule has 13 atom stereocenters. The molecule has 3 heterocycles. The van der Waals surface area contributed by atoms with E-state index in [4.69, 9.17) is 23.7 Å². The van der Waals surface area contributed by atoms with Crippen LogP contribution < -0.4 is 0 Å². The first-order valence-electron chi connectivity index (χ1n) is 20.2. The summed E-state index contributed by atoms with van der Waals surface area (Å²) in [5.41, 5.74) is -1.51. The van der Waals surface area contributed by atoms with Gasteiger partial charge in [0.05, 0.1) is 42.1 Å². The van der Waals surface area contributed by atoms with Gasteiger partial charge >= 0.3 is 5.97 Å². The molecule has 3 aliphatic rings. The van der Waals surface area contributed by atoms with Gasteiger partial charge in [-0.05, 0) is 90.2 Å². The lowest BCUT2D eigenvalue weighted by Gasteiger charge is -2.47. The number of benzene rings is 1. The Labute approximate surface area is 341 Å². The molecule has 0 spiro atoms. The molecule has 15 nitrogen and oxygen atoms in total. The number of nitro benzene ring substituents is 1. The van der Waals surface area contributed by atoms with Gasteiger partial charge in [-0.15, -0.1) is 0 Å². The Balaban J connectivity index is 1.96. The Morgan fingerprint density at radius 1 is 1.09 bits per heavy atom. The summed E-state index contributed by atoms with van der Waals surface area (Å²) in [6.07, 6.45) is 0.245. The molecule has 58 heavy (non-hydrogen) atoms. The number of cyclic esters (lactones) is 1. The largest absolute Gasteiger partial charge is 0.459 e. The fourth-order valence-corrected chi connectivity index (χ4v) is 8.67. The summed E-state index contributed by atoms with van der Waals surface area (Å²) >= 11 is 0. The second-order valence-electron chi connectivity index (χ2n) is 16.9. The molecule has 2 N–H and O–H groups in total. The molecule has 0 radical (unpaired) electrons. The predicted octanol–water partition coefficient (Wildman–Crippen LogP) is 5.10. The molecule has 3 aliphatic heterocycles. The smallest absolute Gasteiger partial charge is 0.316 e. The minimum Gasteiger partial charge on any atom is -0.459 e. The van der Waals surface area contributed by atoms with Gasteiger partial charge in [-0.25, -0.2) is 4.99 Å². The lowest BCUT2D eigenvalue weighted by molar-refractivity contribution is -0.384. The van der Waals surface area contributed by atoms with Crippen molar-refractivity contribution in [3.8, 4) is 0 Å². The van der Waals surface area contributed by atoms with Crippen molar-refractivity contribution in [3.05, 3.63) is 57.7 Å². The molecular formula is C43H63N3O12. The molecule has 3 saturated heterocycles. The summed E-state index contributed by atoms with van der Waals surface area (Å²) in [5.74, 6) is -5.30. The number of non-ortho nitro benzene ring substituents is 1. The minimum atomic E-state index is -1.84. The Morgan fingerprint density at radius 3 is 2.33 bits per heavy atom. The molecule has 4 rings (SSSR count). The minimum absolute atomic E-state index is 0.0363. The molecule has 0 saturated carbocycles. The zero-order valence-electron chi connectivity index (χ0n) is 35.7. The summed E-state index contributed by atoms with van der Waals surface area (Å²) < 4.78 is 32.5. The normalized spacial score (nSPS) is 38.6. The fourth-order valence-electron chi connectivity index (χ4n) is 8.67. The van der Waals surface area contributed by atoms with Crippen LogP contribution in [0.1, 0.15) is 87.1 Å². The third-order valence-corrected chi connectivity index (χ3v) is 11.9. The number of nitrogens with zero attached hydrogens (tertiary/aromatic N) is 3. The molecule has 0 aromatic heterocycles. The number of rotatable bonds is 7. The van der Waals surface area contributed by atoms with Crippen LogP contribution in [0.4, 0.5) is 5.69 Å². The number of aliphatic hydroxyl groups is 2. The Morgan fingerprint density at radius 2 is 1.74 bits per heavy atom. The monoisotopic (exact) mass is 813 g/mol. The van der Waals surface area contributed by atoms with Gasteiger partial charge in [0, 0.05) is 42.6 Å². The van der Waals surface area contributed by atoms with E-state index in [9.17, 15) is 34.7 Å². The van der Waals surface area contributed by atoms with Crippen molar-refractivity contribution >= 4 is 35.1 Å².